The molecule has 23 heavy (non-hydrogen) atoms. The Morgan fingerprint density at radius 3 is 2.91 bits per heavy atom. The van der Waals surface area contributed by atoms with Gasteiger partial charge in [0.15, 0.2) is 0 Å². The molecular formula is C15H8FN5O2. The molecule has 0 spiro atoms. The Hall–Kier alpha value is -3.42. The van der Waals surface area contributed by atoms with Crippen LogP contribution in [0.15, 0.2) is 52.2 Å². The Labute approximate surface area is 127 Å². The highest BCUT2D eigenvalue weighted by Gasteiger charge is 2.15. The zero-order valence-electron chi connectivity index (χ0n) is 11.5. The molecule has 4 aromatic rings. The number of aromatic amines is 1. The van der Waals surface area contributed by atoms with Gasteiger partial charge < -0.3 is 9.51 Å². The van der Waals surface area contributed by atoms with Crippen LogP contribution < -0.4 is 5.56 Å². The second-order valence-electron chi connectivity index (χ2n) is 4.75. The fourth-order valence-electron chi connectivity index (χ4n) is 2.27. The Bertz CT molecular complexity index is 1060. The van der Waals surface area contributed by atoms with Crippen molar-refractivity contribution in [3.63, 3.8) is 0 Å². The van der Waals surface area contributed by atoms with E-state index in [2.05, 4.69) is 25.1 Å². The van der Waals surface area contributed by atoms with Crippen molar-refractivity contribution in [2.45, 2.75) is 0 Å². The fraction of sp³-hybridized carbons (Fsp3) is 0. The first-order valence-electron chi connectivity index (χ1n) is 6.64. The maximum atomic E-state index is 13.3. The third-order valence-electron chi connectivity index (χ3n) is 3.27. The van der Waals surface area contributed by atoms with Gasteiger partial charge in [-0.05, 0) is 24.3 Å². The molecule has 0 amide bonds. The van der Waals surface area contributed by atoms with Crippen LogP contribution in [0.25, 0.3) is 33.9 Å². The number of pyridine rings is 1. The summed E-state index contributed by atoms with van der Waals surface area (Å²) < 4.78 is 18.6. The summed E-state index contributed by atoms with van der Waals surface area (Å²) in [6, 6.07) is 7.05. The van der Waals surface area contributed by atoms with Crippen molar-refractivity contribution >= 4 is 10.9 Å². The standard InChI is InChI=1S/C15H8FN5O2/c16-8-1-2-9-10(6-13(22)19-12(9)5-8)15-20-14(21-23-15)11-3-4-17-7-18-11/h1-7H,(H,19,22). The van der Waals surface area contributed by atoms with Crippen molar-refractivity contribution in [2.24, 2.45) is 0 Å². The quantitative estimate of drug-likeness (QED) is 0.609. The van der Waals surface area contributed by atoms with Crippen molar-refractivity contribution in [3.05, 3.63) is 59.0 Å². The van der Waals surface area contributed by atoms with Crippen LogP contribution in [-0.2, 0) is 0 Å². The Balaban J connectivity index is 1.90. The van der Waals surface area contributed by atoms with Crippen LogP contribution in [0.4, 0.5) is 4.39 Å². The largest absolute Gasteiger partial charge is 0.334 e. The molecule has 3 heterocycles. The summed E-state index contributed by atoms with van der Waals surface area (Å²) >= 11 is 0. The molecule has 0 saturated carbocycles. The number of rotatable bonds is 2. The van der Waals surface area contributed by atoms with Gasteiger partial charge in [-0.2, -0.15) is 4.98 Å². The summed E-state index contributed by atoms with van der Waals surface area (Å²) in [4.78, 5) is 26.5. The molecule has 0 atom stereocenters. The topological polar surface area (TPSA) is 97.6 Å². The van der Waals surface area contributed by atoms with Gasteiger partial charge in [0.2, 0.25) is 11.4 Å². The summed E-state index contributed by atoms with van der Waals surface area (Å²) in [7, 11) is 0. The maximum Gasteiger partial charge on any atom is 0.259 e. The molecule has 0 aliphatic rings. The van der Waals surface area contributed by atoms with Crippen LogP contribution in [0.1, 0.15) is 0 Å². The van der Waals surface area contributed by atoms with E-state index in [1.54, 1.807) is 18.3 Å². The number of aromatic nitrogens is 5. The minimum atomic E-state index is -0.447. The molecule has 0 aliphatic carbocycles. The third-order valence-corrected chi connectivity index (χ3v) is 3.27. The maximum absolute atomic E-state index is 13.3. The van der Waals surface area contributed by atoms with Gasteiger partial charge in [0, 0.05) is 17.6 Å². The lowest BCUT2D eigenvalue weighted by atomic mass is 10.1. The van der Waals surface area contributed by atoms with E-state index in [4.69, 9.17) is 4.52 Å². The van der Waals surface area contributed by atoms with E-state index < -0.39 is 5.82 Å². The first-order chi connectivity index (χ1) is 11.2. The molecule has 0 aliphatic heterocycles. The van der Waals surface area contributed by atoms with Gasteiger partial charge in [-0.25, -0.2) is 14.4 Å². The van der Waals surface area contributed by atoms with E-state index in [9.17, 15) is 9.18 Å². The predicted molar refractivity (Wildman–Crippen MR) is 78.8 cm³/mol. The number of nitrogens with zero attached hydrogens (tertiary/aromatic N) is 4. The number of halogens is 1. The van der Waals surface area contributed by atoms with Crippen LogP contribution in [0.3, 0.4) is 0 Å². The normalized spacial score (nSPS) is 11.0. The van der Waals surface area contributed by atoms with Crippen molar-refractivity contribution in [1.29, 1.82) is 0 Å². The highest BCUT2D eigenvalue weighted by atomic mass is 19.1. The molecule has 8 heteroatoms. The highest BCUT2D eigenvalue weighted by Crippen LogP contribution is 2.26. The average Bonchev–Trinajstić information content (AvgIpc) is 3.04. The molecule has 1 N–H and O–H groups in total. The van der Waals surface area contributed by atoms with E-state index in [-0.39, 0.29) is 17.3 Å². The van der Waals surface area contributed by atoms with Crippen LogP contribution in [0, 0.1) is 5.82 Å². The van der Waals surface area contributed by atoms with Crippen LogP contribution in [0.2, 0.25) is 0 Å². The van der Waals surface area contributed by atoms with Gasteiger partial charge >= 0.3 is 0 Å². The highest BCUT2D eigenvalue weighted by molar-refractivity contribution is 5.92. The summed E-state index contributed by atoms with van der Waals surface area (Å²) in [6.07, 6.45) is 2.93. The molecule has 4 rings (SSSR count). The molecule has 7 nitrogen and oxygen atoms in total. The van der Waals surface area contributed by atoms with E-state index >= 15 is 0 Å². The van der Waals surface area contributed by atoms with Gasteiger partial charge in [0.25, 0.3) is 5.89 Å². The number of H-pyrrole nitrogens is 1. The van der Waals surface area contributed by atoms with E-state index in [0.29, 0.717) is 22.2 Å². The second kappa shape index (κ2) is 5.09. The number of hydrogen-bond acceptors (Lipinski definition) is 6. The van der Waals surface area contributed by atoms with Gasteiger partial charge in [-0.15, -0.1) is 0 Å². The van der Waals surface area contributed by atoms with Crippen molar-refractivity contribution < 1.29 is 8.91 Å². The van der Waals surface area contributed by atoms with Gasteiger partial charge in [-0.1, -0.05) is 5.16 Å². The Morgan fingerprint density at radius 2 is 2.09 bits per heavy atom. The Morgan fingerprint density at radius 1 is 1.17 bits per heavy atom. The van der Waals surface area contributed by atoms with Crippen LogP contribution in [0.5, 0.6) is 0 Å². The first-order valence-corrected chi connectivity index (χ1v) is 6.64. The lowest BCUT2D eigenvalue weighted by molar-refractivity contribution is 0.432. The summed E-state index contributed by atoms with van der Waals surface area (Å²) in [5, 5.41) is 4.45. The number of hydrogen-bond donors (Lipinski definition) is 1. The second-order valence-corrected chi connectivity index (χ2v) is 4.75. The smallest absolute Gasteiger partial charge is 0.259 e. The van der Waals surface area contributed by atoms with E-state index in [1.165, 1.54) is 24.5 Å². The monoisotopic (exact) mass is 309 g/mol. The molecule has 3 aromatic heterocycles. The summed E-state index contributed by atoms with van der Waals surface area (Å²) in [5.74, 6) is -0.0169. The van der Waals surface area contributed by atoms with Crippen LogP contribution >= 0.6 is 0 Å². The van der Waals surface area contributed by atoms with Gasteiger partial charge in [-0.3, -0.25) is 4.79 Å². The number of nitrogens with one attached hydrogen (secondary N) is 1. The molecule has 0 bridgehead atoms. The minimum Gasteiger partial charge on any atom is -0.334 e. The molecule has 0 unspecified atom stereocenters. The predicted octanol–water partition coefficient (Wildman–Crippen LogP) is 2.17. The van der Waals surface area contributed by atoms with Gasteiger partial charge in [0.05, 0.1) is 11.1 Å². The number of fused-ring (bicyclic) bond motifs is 1. The lowest BCUT2D eigenvalue weighted by Crippen LogP contribution is -2.05. The SMILES string of the molecule is O=c1cc(-c2nc(-c3ccncn3)no2)c2ccc(F)cc2[nH]1. The fourth-order valence-corrected chi connectivity index (χ4v) is 2.27. The average molecular weight is 309 g/mol. The Kier molecular flexibility index (Phi) is 2.94. The van der Waals surface area contributed by atoms with E-state index in [1.807, 2.05) is 0 Å². The minimum absolute atomic E-state index is 0.154. The first kappa shape index (κ1) is 13.3. The van der Waals surface area contributed by atoms with Gasteiger partial charge in [0.1, 0.15) is 17.8 Å². The van der Waals surface area contributed by atoms with Crippen LogP contribution in [-0.4, -0.2) is 25.1 Å². The molecule has 0 saturated heterocycles. The molecule has 1 aromatic carbocycles. The lowest BCUT2D eigenvalue weighted by Gasteiger charge is -2.02. The van der Waals surface area contributed by atoms with Crippen molar-refractivity contribution in [2.75, 3.05) is 0 Å². The van der Waals surface area contributed by atoms with Crippen molar-refractivity contribution in [1.82, 2.24) is 25.1 Å². The zero-order chi connectivity index (χ0) is 15.8. The third kappa shape index (κ3) is 2.35. The molecular weight excluding hydrogens is 301 g/mol. The zero-order valence-corrected chi connectivity index (χ0v) is 11.5. The summed E-state index contributed by atoms with van der Waals surface area (Å²) in [6.45, 7) is 0. The molecule has 0 radical (unpaired) electrons. The van der Waals surface area contributed by atoms with Crippen molar-refractivity contribution in [3.8, 4) is 23.0 Å². The summed E-state index contributed by atoms with van der Waals surface area (Å²) in [5.41, 5.74) is 0.890. The number of benzene rings is 1. The van der Waals surface area contributed by atoms with E-state index in [0.717, 1.165) is 0 Å². The molecule has 112 valence electrons. The molecule has 0 fully saturated rings.